The van der Waals surface area contributed by atoms with Gasteiger partial charge in [0.1, 0.15) is 12.2 Å². The lowest BCUT2D eigenvalue weighted by Gasteiger charge is -2.21. The fourth-order valence-corrected chi connectivity index (χ4v) is 3.18. The van der Waals surface area contributed by atoms with Gasteiger partial charge in [0.25, 0.3) is 0 Å². The van der Waals surface area contributed by atoms with Crippen LogP contribution in [0.15, 0.2) is 24.5 Å². The van der Waals surface area contributed by atoms with Gasteiger partial charge < -0.3 is 10.4 Å². The molecule has 0 bridgehead atoms. The van der Waals surface area contributed by atoms with Crippen molar-refractivity contribution in [3.8, 4) is 11.1 Å². The molecule has 0 radical (unpaired) electrons. The third-order valence-electron chi connectivity index (χ3n) is 4.53. The number of aromatic nitrogens is 3. The highest BCUT2D eigenvalue weighted by atomic mass is 19.4. The highest BCUT2D eigenvalue weighted by Gasteiger charge is 2.42. The molecule has 2 atom stereocenters. The fraction of sp³-hybridized carbons (Fsp3) is 0.389. The topological polar surface area (TPSA) is 108 Å². The number of carbonyl (C=O) groups excluding carboxylic acids is 1. The number of likely N-dealkylation sites (tertiary alicyclic amines) is 1. The van der Waals surface area contributed by atoms with Crippen LogP contribution in [0.2, 0.25) is 0 Å². The van der Waals surface area contributed by atoms with Crippen LogP contribution in [0.25, 0.3) is 11.1 Å². The van der Waals surface area contributed by atoms with Crippen LogP contribution in [0.3, 0.4) is 0 Å². The molecule has 3 rings (SSSR count). The van der Waals surface area contributed by atoms with E-state index in [4.69, 9.17) is 5.11 Å². The largest absolute Gasteiger partial charge is 0.465 e. The van der Waals surface area contributed by atoms with Crippen molar-refractivity contribution in [2.45, 2.75) is 38.3 Å². The average Bonchev–Trinajstić information content (AvgIpc) is 3.07. The van der Waals surface area contributed by atoms with Crippen LogP contribution >= 0.6 is 0 Å². The Balaban J connectivity index is 1.74. The first kappa shape index (κ1) is 21.4. The molecule has 160 valence electrons. The van der Waals surface area contributed by atoms with E-state index in [0.717, 1.165) is 17.3 Å². The maximum atomic E-state index is 14.0. The zero-order valence-electron chi connectivity index (χ0n) is 15.6. The Kier molecular flexibility index (Phi) is 5.85. The van der Waals surface area contributed by atoms with E-state index >= 15 is 0 Å². The highest BCUT2D eigenvalue weighted by molar-refractivity contribution is 5.86. The van der Waals surface area contributed by atoms with Crippen LogP contribution in [0.1, 0.15) is 23.6 Å². The number of alkyl halides is 4. The van der Waals surface area contributed by atoms with Crippen LogP contribution in [0, 0.1) is 6.92 Å². The third-order valence-corrected chi connectivity index (χ3v) is 4.53. The molecule has 1 saturated heterocycles. The van der Waals surface area contributed by atoms with E-state index in [-0.39, 0.29) is 19.5 Å². The summed E-state index contributed by atoms with van der Waals surface area (Å²) in [5, 5.41) is 11.6. The number of amides is 2. The Morgan fingerprint density at radius 1 is 1.23 bits per heavy atom. The molecule has 0 aliphatic carbocycles. The van der Waals surface area contributed by atoms with E-state index in [9.17, 15) is 27.2 Å². The van der Waals surface area contributed by atoms with Gasteiger partial charge in [-0.1, -0.05) is 0 Å². The SMILES string of the molecule is Cc1cc(-c2cnc(C(F)(F)F)nc2)cc(CNC(=O)[C@@H]2[C@@H](F)CCN2C(=O)O)n1. The van der Waals surface area contributed by atoms with Crippen LogP contribution < -0.4 is 5.32 Å². The first-order valence-electron chi connectivity index (χ1n) is 8.85. The summed E-state index contributed by atoms with van der Waals surface area (Å²) in [5.74, 6) is -2.05. The van der Waals surface area contributed by atoms with Crippen molar-refractivity contribution in [3.63, 3.8) is 0 Å². The Bertz CT molecular complexity index is 952. The van der Waals surface area contributed by atoms with Gasteiger partial charge in [0.15, 0.2) is 0 Å². The Morgan fingerprint density at radius 3 is 2.50 bits per heavy atom. The summed E-state index contributed by atoms with van der Waals surface area (Å²) in [6.07, 6.45) is -5.64. The van der Waals surface area contributed by atoms with E-state index in [0.29, 0.717) is 22.5 Å². The smallest absolute Gasteiger partial charge is 0.451 e. The molecule has 2 aromatic rings. The molecular weight excluding hydrogens is 410 g/mol. The summed E-state index contributed by atoms with van der Waals surface area (Å²) in [4.78, 5) is 35.1. The van der Waals surface area contributed by atoms with Gasteiger partial charge in [0.05, 0.1) is 12.2 Å². The number of halogens is 4. The van der Waals surface area contributed by atoms with Crippen LogP contribution in [-0.4, -0.2) is 55.7 Å². The lowest BCUT2D eigenvalue weighted by Crippen LogP contribution is -2.48. The number of pyridine rings is 1. The van der Waals surface area contributed by atoms with Crippen molar-refractivity contribution in [1.82, 2.24) is 25.2 Å². The second-order valence-electron chi connectivity index (χ2n) is 6.72. The number of carboxylic acid groups (broad SMARTS) is 1. The Labute approximate surface area is 168 Å². The van der Waals surface area contributed by atoms with E-state index in [1.165, 1.54) is 6.07 Å². The Morgan fingerprint density at radius 2 is 1.90 bits per heavy atom. The summed E-state index contributed by atoms with van der Waals surface area (Å²) in [6, 6.07) is 1.70. The summed E-state index contributed by atoms with van der Waals surface area (Å²) < 4.78 is 51.8. The third kappa shape index (κ3) is 4.63. The van der Waals surface area contributed by atoms with Crippen LogP contribution in [0.5, 0.6) is 0 Å². The van der Waals surface area contributed by atoms with Crippen molar-refractivity contribution >= 4 is 12.0 Å². The molecule has 8 nitrogen and oxygen atoms in total. The lowest BCUT2D eigenvalue weighted by molar-refractivity contribution is -0.145. The van der Waals surface area contributed by atoms with Gasteiger partial charge in [0, 0.05) is 30.2 Å². The van der Waals surface area contributed by atoms with Gasteiger partial charge in [-0.2, -0.15) is 13.2 Å². The maximum absolute atomic E-state index is 14.0. The number of hydrogen-bond donors (Lipinski definition) is 2. The van der Waals surface area contributed by atoms with Crippen LogP contribution in [-0.2, 0) is 17.5 Å². The predicted octanol–water partition coefficient (Wildman–Crippen LogP) is 2.57. The van der Waals surface area contributed by atoms with Gasteiger partial charge in [-0.05, 0) is 31.0 Å². The molecule has 1 aliphatic rings. The number of nitrogens with zero attached hydrogens (tertiary/aromatic N) is 4. The molecule has 12 heteroatoms. The molecule has 0 aromatic carbocycles. The van der Waals surface area contributed by atoms with Crippen molar-refractivity contribution < 1.29 is 32.3 Å². The molecule has 3 heterocycles. The molecule has 30 heavy (non-hydrogen) atoms. The van der Waals surface area contributed by atoms with Crippen LogP contribution in [0.4, 0.5) is 22.4 Å². The molecule has 1 aliphatic heterocycles. The number of rotatable bonds is 4. The molecule has 0 unspecified atom stereocenters. The minimum atomic E-state index is -4.65. The van der Waals surface area contributed by atoms with Crippen molar-refractivity contribution in [3.05, 3.63) is 41.7 Å². The van der Waals surface area contributed by atoms with E-state index in [1.54, 1.807) is 13.0 Å². The number of nitrogens with one attached hydrogen (secondary N) is 1. The normalized spacial score (nSPS) is 19.0. The highest BCUT2D eigenvalue weighted by Crippen LogP contribution is 2.27. The summed E-state index contributed by atoms with van der Waals surface area (Å²) in [6.45, 7) is 1.46. The molecule has 2 aromatic heterocycles. The minimum Gasteiger partial charge on any atom is -0.465 e. The number of aryl methyl sites for hydroxylation is 1. The summed E-state index contributed by atoms with van der Waals surface area (Å²) >= 11 is 0. The van der Waals surface area contributed by atoms with Gasteiger partial charge >= 0.3 is 12.3 Å². The second-order valence-corrected chi connectivity index (χ2v) is 6.72. The zero-order valence-corrected chi connectivity index (χ0v) is 15.6. The number of carbonyl (C=O) groups is 2. The van der Waals surface area contributed by atoms with Gasteiger partial charge in [-0.25, -0.2) is 19.2 Å². The van der Waals surface area contributed by atoms with Gasteiger partial charge in [0.2, 0.25) is 11.7 Å². The Hall–Kier alpha value is -3.31. The molecule has 2 amide bonds. The molecule has 0 spiro atoms. The fourth-order valence-electron chi connectivity index (χ4n) is 3.18. The number of hydrogen-bond acceptors (Lipinski definition) is 5. The zero-order chi connectivity index (χ0) is 22.1. The predicted molar refractivity (Wildman–Crippen MR) is 94.9 cm³/mol. The quantitative estimate of drug-likeness (QED) is 0.727. The van der Waals surface area contributed by atoms with E-state index in [2.05, 4.69) is 20.3 Å². The second kappa shape index (κ2) is 8.20. The van der Waals surface area contributed by atoms with Crippen molar-refractivity contribution in [1.29, 1.82) is 0 Å². The molecular formula is C18H17F4N5O3. The first-order chi connectivity index (χ1) is 14.1. The monoisotopic (exact) mass is 427 g/mol. The van der Waals surface area contributed by atoms with Gasteiger partial charge in [-0.15, -0.1) is 0 Å². The van der Waals surface area contributed by atoms with Crippen molar-refractivity contribution in [2.24, 2.45) is 0 Å². The van der Waals surface area contributed by atoms with Crippen molar-refractivity contribution in [2.75, 3.05) is 6.54 Å². The molecule has 2 N–H and O–H groups in total. The minimum absolute atomic E-state index is 0.0643. The first-order valence-corrected chi connectivity index (χ1v) is 8.85. The maximum Gasteiger partial charge on any atom is 0.451 e. The average molecular weight is 427 g/mol. The van der Waals surface area contributed by atoms with E-state index in [1.807, 2.05) is 0 Å². The summed E-state index contributed by atoms with van der Waals surface area (Å²) in [7, 11) is 0. The summed E-state index contributed by atoms with van der Waals surface area (Å²) in [5.41, 5.74) is 1.68. The van der Waals surface area contributed by atoms with Gasteiger partial charge in [-0.3, -0.25) is 14.7 Å². The van der Waals surface area contributed by atoms with E-state index < -0.39 is 36.2 Å². The molecule has 0 saturated carbocycles. The lowest BCUT2D eigenvalue weighted by atomic mass is 10.1. The standard InChI is InChI=1S/C18H17F4N5O3/c1-9-4-10(11-6-24-16(25-7-11)18(20,21)22)5-12(26-9)8-23-15(28)14-13(19)2-3-27(14)17(29)30/h4-7,13-14H,2-3,8H2,1H3,(H,23,28)(H,29,30)/t13-,14-/m0/s1. The molecule has 1 fully saturated rings.